The van der Waals surface area contributed by atoms with Crippen molar-refractivity contribution in [3.8, 4) is 43.8 Å². The second-order valence-corrected chi connectivity index (χ2v) is 14.0. The normalized spacial score (nSPS) is 14.3. The summed E-state index contributed by atoms with van der Waals surface area (Å²) in [6.07, 6.45) is 0. The molecule has 0 aliphatic carbocycles. The van der Waals surface area contributed by atoms with E-state index in [2.05, 4.69) is 78.9 Å². The van der Waals surface area contributed by atoms with E-state index < -0.39 is 36.3 Å². The molecule has 0 N–H and O–H groups in total. The van der Waals surface area contributed by atoms with Crippen LogP contribution in [0.1, 0.15) is 35.6 Å². The molecule has 232 valence electrons. The Labute approximate surface area is 309 Å². The van der Waals surface area contributed by atoms with E-state index in [4.69, 9.17) is 13.7 Å². The van der Waals surface area contributed by atoms with Crippen LogP contribution in [0.3, 0.4) is 0 Å². The first-order valence-electron chi connectivity index (χ1n) is 20.9. The van der Waals surface area contributed by atoms with Crippen LogP contribution < -0.4 is 0 Å². The molecule has 2 heterocycles. The third kappa shape index (κ3) is 5.80. The average molecular weight is 671 g/mol. The maximum Gasteiger partial charge on any atom is 0.0629 e. The Balaban J connectivity index is 1.09. The number of fused-ring (bicyclic) bond motifs is 3. The lowest BCUT2D eigenvalue weighted by atomic mass is 9.88. The van der Waals surface area contributed by atoms with Crippen LogP contribution in [0.15, 0.2) is 188 Å². The van der Waals surface area contributed by atoms with Crippen molar-refractivity contribution in [1.29, 1.82) is 0 Å². The van der Waals surface area contributed by atoms with Gasteiger partial charge in [-0.15, -0.1) is 22.7 Å². The second kappa shape index (κ2) is 12.8. The van der Waals surface area contributed by atoms with Gasteiger partial charge in [0.25, 0.3) is 0 Å². The highest BCUT2D eigenvalue weighted by Gasteiger charge is 2.20. The van der Waals surface area contributed by atoms with Crippen LogP contribution >= 0.6 is 22.7 Å². The van der Waals surface area contributed by atoms with Gasteiger partial charge < -0.3 is 0 Å². The molecular weight excluding hydrogens is 629 g/mol. The third-order valence-corrected chi connectivity index (χ3v) is 11.2. The summed E-state index contributed by atoms with van der Waals surface area (Å²) < 4.78 is 85.3. The molecule has 0 nitrogen and oxygen atoms in total. The molecule has 0 unspecified atom stereocenters. The van der Waals surface area contributed by atoms with E-state index in [-0.39, 0.29) is 41.2 Å². The fourth-order valence-corrected chi connectivity index (χ4v) is 8.65. The minimum atomic E-state index is -0.441. The summed E-state index contributed by atoms with van der Waals surface area (Å²) in [6, 6.07) is 39.1. The molecule has 0 bridgehead atoms. The van der Waals surface area contributed by atoms with Crippen LogP contribution in [0.2, 0.25) is 0 Å². The van der Waals surface area contributed by atoms with Crippen LogP contribution in [0, 0.1) is 0 Å². The standard InChI is InChI=1S/C47H32S2/c1-3-9-32(10-4-1)34-17-23-38(24-18-34)47(39-25-19-35(20-26-39)33-11-5-2-6-12-33)46-30-29-43(48-46)37-21-15-36(16-22-37)40-27-28-45-42(31-40)41-13-7-8-14-44(41)49-45/h1-31,47H/i1D,2D,3D,4D,5D,6D,9D,10D,11D,12D. The van der Waals surface area contributed by atoms with E-state index in [0.29, 0.717) is 11.1 Å². The lowest BCUT2D eigenvalue weighted by Crippen LogP contribution is -2.01. The molecule has 0 saturated carbocycles. The summed E-state index contributed by atoms with van der Waals surface area (Å²) in [6.45, 7) is 0. The molecular formula is C47H32S2. The van der Waals surface area contributed by atoms with Gasteiger partial charge in [0, 0.05) is 35.8 Å². The molecule has 0 aliphatic rings. The molecule has 0 fully saturated rings. The Morgan fingerprint density at radius 2 is 0.898 bits per heavy atom. The fraction of sp³-hybridized carbons (Fsp3) is 0.0213. The lowest BCUT2D eigenvalue weighted by molar-refractivity contribution is 1.01. The predicted octanol–water partition coefficient (Wildman–Crippen LogP) is 14.0. The summed E-state index contributed by atoms with van der Waals surface area (Å²) in [5.41, 5.74) is 6.41. The molecule has 0 atom stereocenters. The Morgan fingerprint density at radius 3 is 1.53 bits per heavy atom. The van der Waals surface area contributed by atoms with Crippen molar-refractivity contribution in [1.82, 2.24) is 0 Å². The van der Waals surface area contributed by atoms with Crippen molar-refractivity contribution in [2.45, 2.75) is 5.92 Å². The van der Waals surface area contributed by atoms with Crippen molar-refractivity contribution in [3.05, 3.63) is 204 Å². The van der Waals surface area contributed by atoms with E-state index in [1.165, 1.54) is 20.2 Å². The van der Waals surface area contributed by atoms with Crippen molar-refractivity contribution in [2.24, 2.45) is 0 Å². The summed E-state index contributed by atoms with van der Waals surface area (Å²) in [5, 5.41) is 2.52. The van der Waals surface area contributed by atoms with E-state index in [1.807, 2.05) is 24.3 Å². The van der Waals surface area contributed by atoms with E-state index >= 15 is 0 Å². The van der Waals surface area contributed by atoms with E-state index in [9.17, 15) is 0 Å². The molecule has 0 radical (unpaired) electrons. The van der Waals surface area contributed by atoms with Gasteiger partial charge in [-0.2, -0.15) is 0 Å². The molecule has 7 aromatic carbocycles. The summed E-state index contributed by atoms with van der Waals surface area (Å²) in [7, 11) is 0. The minimum absolute atomic E-state index is 0.132. The summed E-state index contributed by atoms with van der Waals surface area (Å²) in [4.78, 5) is 2.10. The lowest BCUT2D eigenvalue weighted by Gasteiger charge is -2.18. The first-order chi connectivity index (χ1) is 28.4. The zero-order valence-electron chi connectivity index (χ0n) is 36.0. The maximum absolute atomic E-state index is 8.51. The highest BCUT2D eigenvalue weighted by atomic mass is 32.1. The molecule has 9 rings (SSSR count). The van der Waals surface area contributed by atoms with Crippen LogP contribution in [-0.2, 0) is 0 Å². The average Bonchev–Trinajstić information content (AvgIpc) is 3.90. The molecule has 2 heteroatoms. The van der Waals surface area contributed by atoms with Crippen molar-refractivity contribution < 1.29 is 13.7 Å². The van der Waals surface area contributed by atoms with Crippen LogP contribution in [0.25, 0.3) is 64.0 Å². The van der Waals surface area contributed by atoms with Gasteiger partial charge in [-0.3, -0.25) is 0 Å². The van der Waals surface area contributed by atoms with Crippen molar-refractivity contribution in [3.63, 3.8) is 0 Å². The second-order valence-electron chi connectivity index (χ2n) is 11.8. The molecule has 0 amide bonds. The van der Waals surface area contributed by atoms with Gasteiger partial charge in [0.15, 0.2) is 0 Å². The van der Waals surface area contributed by atoms with Gasteiger partial charge >= 0.3 is 0 Å². The molecule has 0 saturated heterocycles. The maximum atomic E-state index is 8.51. The molecule has 0 aliphatic heterocycles. The van der Waals surface area contributed by atoms with Gasteiger partial charge in [-0.05, 0) is 80.4 Å². The van der Waals surface area contributed by atoms with Gasteiger partial charge in [-0.25, -0.2) is 0 Å². The number of hydrogen-bond acceptors (Lipinski definition) is 2. The first kappa shape index (κ1) is 20.7. The summed E-state index contributed by atoms with van der Waals surface area (Å²) >= 11 is 3.45. The Kier molecular flexibility index (Phi) is 5.43. The summed E-state index contributed by atoms with van der Waals surface area (Å²) in [5.74, 6) is -0.289. The minimum Gasteiger partial charge on any atom is -0.139 e. The topological polar surface area (TPSA) is 0 Å². The predicted molar refractivity (Wildman–Crippen MR) is 213 cm³/mol. The first-order valence-corrected chi connectivity index (χ1v) is 17.5. The van der Waals surface area contributed by atoms with Crippen molar-refractivity contribution >= 4 is 42.8 Å². The Bertz CT molecular complexity index is 2920. The zero-order valence-corrected chi connectivity index (χ0v) is 27.7. The third-order valence-electron chi connectivity index (χ3n) is 8.86. The smallest absolute Gasteiger partial charge is 0.0629 e. The Hall–Kier alpha value is -5.54. The molecule has 2 aromatic heterocycles. The fourth-order valence-electron chi connectivity index (χ4n) is 6.39. The Morgan fingerprint density at radius 1 is 0.388 bits per heavy atom. The van der Waals surface area contributed by atoms with Gasteiger partial charge in [0.1, 0.15) is 0 Å². The monoisotopic (exact) mass is 670 g/mol. The van der Waals surface area contributed by atoms with Gasteiger partial charge in [0.2, 0.25) is 0 Å². The zero-order chi connectivity index (χ0) is 41.3. The van der Waals surface area contributed by atoms with Crippen LogP contribution in [-0.4, -0.2) is 0 Å². The highest BCUT2D eigenvalue weighted by molar-refractivity contribution is 7.25. The van der Waals surface area contributed by atoms with Gasteiger partial charge in [-0.1, -0.05) is 157 Å². The molecule has 9 aromatic rings. The van der Waals surface area contributed by atoms with Crippen LogP contribution in [0.4, 0.5) is 0 Å². The quantitative estimate of drug-likeness (QED) is 0.158. The number of rotatable bonds is 7. The van der Waals surface area contributed by atoms with Gasteiger partial charge in [0.05, 0.1) is 13.7 Å². The molecule has 49 heavy (non-hydrogen) atoms. The van der Waals surface area contributed by atoms with E-state index in [0.717, 1.165) is 37.6 Å². The number of hydrogen-bond donors (Lipinski definition) is 0. The number of benzene rings is 7. The van der Waals surface area contributed by atoms with Crippen molar-refractivity contribution in [2.75, 3.05) is 0 Å². The largest absolute Gasteiger partial charge is 0.139 e. The number of thiophene rings is 2. The highest BCUT2D eigenvalue weighted by Crippen LogP contribution is 2.41. The van der Waals surface area contributed by atoms with E-state index in [1.54, 1.807) is 46.9 Å². The molecule has 0 spiro atoms. The van der Waals surface area contributed by atoms with Crippen LogP contribution in [0.5, 0.6) is 0 Å². The SMILES string of the molecule is [2H]c1c([2H])c([2H])c(-c2ccc(C(c3ccc(-c4c([2H])c([2H])c([2H])c([2H])c4[2H])cc3)c3ccc(-c4ccc(-c5ccc6sc7ccccc7c6c5)cc4)s3)cc2)c([2H])c1[2H].